The molecule has 2 heterocycles. The van der Waals surface area contributed by atoms with Crippen LogP contribution in [0, 0.1) is 5.82 Å². The predicted molar refractivity (Wildman–Crippen MR) is 147 cm³/mol. The van der Waals surface area contributed by atoms with E-state index in [9.17, 15) is 9.18 Å². The molecule has 38 heavy (non-hydrogen) atoms. The van der Waals surface area contributed by atoms with Crippen molar-refractivity contribution in [2.24, 2.45) is 0 Å². The lowest BCUT2D eigenvalue weighted by atomic mass is 9.88. The number of fused-ring (bicyclic) bond motifs is 1. The standard InChI is InChI=1S/C31H34FN3O3/c1-37-26-12-6-23(7-13-26)21-35-22-29(27-4-2-3-5-30(27)35)28(24-8-10-25(32)11-9-24)20-31(36)33-14-15-34-16-18-38-19-17-34/h2-13,22,28H,14-21H2,1H3,(H,33,36)/t28-/m0/s1. The Labute approximate surface area is 223 Å². The van der Waals surface area contributed by atoms with Gasteiger partial charge in [-0.25, -0.2) is 4.39 Å². The summed E-state index contributed by atoms with van der Waals surface area (Å²) in [6.45, 7) is 5.34. The summed E-state index contributed by atoms with van der Waals surface area (Å²) >= 11 is 0. The van der Waals surface area contributed by atoms with E-state index >= 15 is 0 Å². The molecule has 1 atom stereocenters. The minimum atomic E-state index is -0.288. The van der Waals surface area contributed by atoms with E-state index in [0.29, 0.717) is 13.1 Å². The average molecular weight is 516 g/mol. The van der Waals surface area contributed by atoms with Gasteiger partial charge < -0.3 is 19.4 Å². The van der Waals surface area contributed by atoms with Gasteiger partial charge in [-0.05, 0) is 47.0 Å². The number of carbonyl (C=O) groups is 1. The Morgan fingerprint density at radius 2 is 1.76 bits per heavy atom. The Morgan fingerprint density at radius 1 is 1.03 bits per heavy atom. The first-order valence-electron chi connectivity index (χ1n) is 13.1. The lowest BCUT2D eigenvalue weighted by Gasteiger charge is -2.26. The number of para-hydroxylation sites is 1. The van der Waals surface area contributed by atoms with Crippen LogP contribution in [-0.4, -0.2) is 61.9 Å². The van der Waals surface area contributed by atoms with Gasteiger partial charge in [0.05, 0.1) is 20.3 Å². The third kappa shape index (κ3) is 6.23. The molecule has 1 aliphatic rings. The van der Waals surface area contributed by atoms with Crippen molar-refractivity contribution in [1.82, 2.24) is 14.8 Å². The number of nitrogens with one attached hydrogen (secondary N) is 1. The number of morpholine rings is 1. The summed E-state index contributed by atoms with van der Waals surface area (Å²) in [5.74, 6) is 0.313. The molecule has 5 rings (SSSR count). The normalized spacial score (nSPS) is 14.9. The molecule has 0 unspecified atom stereocenters. The molecule has 1 aliphatic heterocycles. The molecule has 0 bridgehead atoms. The molecule has 1 aromatic heterocycles. The second-order valence-electron chi connectivity index (χ2n) is 9.69. The van der Waals surface area contributed by atoms with Gasteiger partial charge in [0.25, 0.3) is 0 Å². The van der Waals surface area contributed by atoms with Crippen molar-refractivity contribution in [2.75, 3.05) is 46.5 Å². The highest BCUT2D eigenvalue weighted by atomic mass is 19.1. The number of ether oxygens (including phenoxy) is 2. The van der Waals surface area contributed by atoms with Crippen LogP contribution >= 0.6 is 0 Å². The average Bonchev–Trinajstić information content (AvgIpc) is 3.31. The third-order valence-electron chi connectivity index (χ3n) is 7.22. The van der Waals surface area contributed by atoms with Gasteiger partial charge in [0.2, 0.25) is 5.91 Å². The maximum atomic E-state index is 13.8. The Kier molecular flexibility index (Phi) is 8.36. The number of aromatic nitrogens is 1. The first-order chi connectivity index (χ1) is 18.6. The number of halogens is 1. The molecule has 4 aromatic rings. The Morgan fingerprint density at radius 3 is 2.50 bits per heavy atom. The van der Waals surface area contributed by atoms with Gasteiger partial charge in [0, 0.05) is 62.2 Å². The number of methoxy groups -OCH3 is 1. The number of hydrogen-bond donors (Lipinski definition) is 1. The second-order valence-corrected chi connectivity index (χ2v) is 9.69. The van der Waals surface area contributed by atoms with Crippen LogP contribution in [0.4, 0.5) is 4.39 Å². The van der Waals surface area contributed by atoms with Crippen LogP contribution in [0.15, 0.2) is 79.0 Å². The van der Waals surface area contributed by atoms with Crippen LogP contribution < -0.4 is 10.1 Å². The predicted octanol–water partition coefficient (Wildman–Crippen LogP) is 4.81. The summed E-state index contributed by atoms with van der Waals surface area (Å²) in [4.78, 5) is 15.5. The minimum Gasteiger partial charge on any atom is -0.497 e. The summed E-state index contributed by atoms with van der Waals surface area (Å²) in [6.07, 6.45) is 2.43. The van der Waals surface area contributed by atoms with E-state index < -0.39 is 0 Å². The Bertz CT molecular complexity index is 1350. The van der Waals surface area contributed by atoms with E-state index in [-0.39, 0.29) is 24.1 Å². The van der Waals surface area contributed by atoms with E-state index in [4.69, 9.17) is 9.47 Å². The maximum Gasteiger partial charge on any atom is 0.220 e. The van der Waals surface area contributed by atoms with Crippen molar-refractivity contribution < 1.29 is 18.7 Å². The van der Waals surface area contributed by atoms with Crippen LogP contribution in [0.3, 0.4) is 0 Å². The largest absolute Gasteiger partial charge is 0.497 e. The maximum absolute atomic E-state index is 13.8. The zero-order valence-electron chi connectivity index (χ0n) is 21.7. The molecule has 0 radical (unpaired) electrons. The second kappa shape index (κ2) is 12.2. The molecule has 198 valence electrons. The van der Waals surface area contributed by atoms with Gasteiger partial charge in [0.1, 0.15) is 11.6 Å². The molecule has 1 N–H and O–H groups in total. The number of benzene rings is 3. The van der Waals surface area contributed by atoms with Crippen LogP contribution in [0.25, 0.3) is 10.9 Å². The lowest BCUT2D eigenvalue weighted by Crippen LogP contribution is -2.41. The summed E-state index contributed by atoms with van der Waals surface area (Å²) in [6, 6.07) is 22.8. The zero-order valence-corrected chi connectivity index (χ0v) is 21.7. The smallest absolute Gasteiger partial charge is 0.220 e. The van der Waals surface area contributed by atoms with E-state index in [1.54, 1.807) is 19.2 Å². The number of amides is 1. The summed E-state index contributed by atoms with van der Waals surface area (Å²) in [5, 5.41) is 4.20. The number of nitrogens with zero attached hydrogens (tertiary/aromatic N) is 2. The Hall–Kier alpha value is -3.68. The van der Waals surface area contributed by atoms with E-state index in [0.717, 1.165) is 66.2 Å². The van der Waals surface area contributed by atoms with Gasteiger partial charge in [-0.1, -0.05) is 42.5 Å². The summed E-state index contributed by atoms with van der Waals surface area (Å²) < 4.78 is 26.7. The first kappa shape index (κ1) is 25.9. The molecule has 0 saturated carbocycles. The lowest BCUT2D eigenvalue weighted by molar-refractivity contribution is -0.121. The van der Waals surface area contributed by atoms with Gasteiger partial charge in [0.15, 0.2) is 0 Å². The number of carbonyl (C=O) groups excluding carboxylic acids is 1. The van der Waals surface area contributed by atoms with Crippen molar-refractivity contribution in [3.63, 3.8) is 0 Å². The molecular formula is C31H34FN3O3. The Balaban J connectivity index is 1.40. The topological polar surface area (TPSA) is 55.7 Å². The molecule has 0 aliphatic carbocycles. The van der Waals surface area contributed by atoms with Gasteiger partial charge in [-0.2, -0.15) is 0 Å². The molecule has 0 spiro atoms. The quantitative estimate of drug-likeness (QED) is 0.330. The number of rotatable bonds is 10. The van der Waals surface area contributed by atoms with Crippen LogP contribution in [-0.2, 0) is 16.1 Å². The fourth-order valence-electron chi connectivity index (χ4n) is 5.15. The fraction of sp³-hybridized carbons (Fsp3) is 0.323. The monoisotopic (exact) mass is 515 g/mol. The van der Waals surface area contributed by atoms with Crippen LogP contribution in [0.5, 0.6) is 5.75 Å². The first-order valence-corrected chi connectivity index (χ1v) is 13.1. The zero-order chi connectivity index (χ0) is 26.3. The highest BCUT2D eigenvalue weighted by Gasteiger charge is 2.23. The minimum absolute atomic E-state index is 0.0143. The molecule has 1 fully saturated rings. The molecular weight excluding hydrogens is 481 g/mol. The highest BCUT2D eigenvalue weighted by molar-refractivity contribution is 5.86. The van der Waals surface area contributed by atoms with Crippen molar-refractivity contribution in [2.45, 2.75) is 18.9 Å². The van der Waals surface area contributed by atoms with Crippen molar-refractivity contribution in [3.05, 3.63) is 102 Å². The van der Waals surface area contributed by atoms with Crippen molar-refractivity contribution in [3.8, 4) is 5.75 Å². The third-order valence-corrected chi connectivity index (χ3v) is 7.22. The summed E-state index contributed by atoms with van der Waals surface area (Å²) in [5.41, 5.74) is 4.22. The van der Waals surface area contributed by atoms with Crippen LogP contribution in [0.1, 0.15) is 29.0 Å². The highest BCUT2D eigenvalue weighted by Crippen LogP contribution is 2.35. The molecule has 1 saturated heterocycles. The number of hydrogen-bond acceptors (Lipinski definition) is 4. The fourth-order valence-corrected chi connectivity index (χ4v) is 5.15. The van der Waals surface area contributed by atoms with Crippen LogP contribution in [0.2, 0.25) is 0 Å². The van der Waals surface area contributed by atoms with E-state index in [1.165, 1.54) is 12.1 Å². The van der Waals surface area contributed by atoms with Crippen molar-refractivity contribution in [1.29, 1.82) is 0 Å². The SMILES string of the molecule is COc1ccc(Cn2cc([C@@H](CC(=O)NCCN3CCOCC3)c3ccc(F)cc3)c3ccccc32)cc1. The van der Waals surface area contributed by atoms with Crippen molar-refractivity contribution >= 4 is 16.8 Å². The molecule has 1 amide bonds. The van der Waals surface area contributed by atoms with E-state index in [1.807, 2.05) is 24.3 Å². The van der Waals surface area contributed by atoms with Gasteiger partial charge >= 0.3 is 0 Å². The van der Waals surface area contributed by atoms with E-state index in [2.05, 4.69) is 45.2 Å². The molecule has 6 nitrogen and oxygen atoms in total. The van der Waals surface area contributed by atoms with Gasteiger partial charge in [-0.15, -0.1) is 0 Å². The summed E-state index contributed by atoms with van der Waals surface area (Å²) in [7, 11) is 1.66. The molecule has 3 aromatic carbocycles. The molecule has 7 heteroatoms. The van der Waals surface area contributed by atoms with Gasteiger partial charge in [-0.3, -0.25) is 9.69 Å².